The van der Waals surface area contributed by atoms with Gasteiger partial charge in [0.1, 0.15) is 11.5 Å². The highest BCUT2D eigenvalue weighted by atomic mass is 35.5. The minimum Gasteiger partial charge on any atom is -0.496 e. The first kappa shape index (κ1) is 25.9. The van der Waals surface area contributed by atoms with Crippen LogP contribution >= 0.6 is 11.6 Å². The Labute approximate surface area is 217 Å². The van der Waals surface area contributed by atoms with Gasteiger partial charge < -0.3 is 14.8 Å². The predicted octanol–water partition coefficient (Wildman–Crippen LogP) is 5.19. The van der Waals surface area contributed by atoms with Gasteiger partial charge in [0.2, 0.25) is 0 Å². The zero-order chi connectivity index (χ0) is 26.0. The van der Waals surface area contributed by atoms with Crippen molar-refractivity contribution in [1.82, 2.24) is 5.32 Å². The van der Waals surface area contributed by atoms with E-state index in [9.17, 15) is 13.2 Å². The molecule has 0 aromatic heterocycles. The van der Waals surface area contributed by atoms with Crippen LogP contribution in [0.3, 0.4) is 0 Å². The second-order valence-corrected chi connectivity index (χ2v) is 11.1. The van der Waals surface area contributed by atoms with Crippen LogP contribution in [0.25, 0.3) is 0 Å². The van der Waals surface area contributed by atoms with Gasteiger partial charge >= 0.3 is 0 Å². The van der Waals surface area contributed by atoms with Crippen LogP contribution in [0, 0.1) is 13.8 Å². The highest BCUT2D eigenvalue weighted by molar-refractivity contribution is 7.92. The smallest absolute Gasteiger partial charge is 0.264 e. The van der Waals surface area contributed by atoms with Crippen molar-refractivity contribution in [3.05, 3.63) is 82.4 Å². The van der Waals surface area contributed by atoms with E-state index < -0.39 is 22.0 Å². The molecule has 0 unspecified atom stereocenters. The predicted molar refractivity (Wildman–Crippen MR) is 140 cm³/mol. The lowest BCUT2D eigenvalue weighted by molar-refractivity contribution is -0.128. The molecule has 0 bridgehead atoms. The topological polar surface area (TPSA) is 84.9 Å². The van der Waals surface area contributed by atoms with Gasteiger partial charge in [-0.3, -0.25) is 9.10 Å². The third-order valence-corrected chi connectivity index (χ3v) is 8.27. The van der Waals surface area contributed by atoms with E-state index in [-0.39, 0.29) is 23.2 Å². The molecule has 0 radical (unpaired) electrons. The molecular weight excluding hydrogens is 500 g/mol. The van der Waals surface area contributed by atoms with Crippen molar-refractivity contribution in [2.75, 3.05) is 18.0 Å². The molecule has 2 atom stereocenters. The van der Waals surface area contributed by atoms with Crippen molar-refractivity contribution in [2.45, 2.75) is 44.2 Å². The van der Waals surface area contributed by atoms with Crippen molar-refractivity contribution < 1.29 is 22.7 Å². The van der Waals surface area contributed by atoms with Gasteiger partial charge in [-0.1, -0.05) is 48.4 Å². The molecule has 0 saturated carbocycles. The van der Waals surface area contributed by atoms with Gasteiger partial charge in [-0.15, -0.1) is 0 Å². The molecule has 1 amide bonds. The lowest BCUT2D eigenvalue weighted by atomic mass is 10.0. The fourth-order valence-corrected chi connectivity index (χ4v) is 5.86. The maximum absolute atomic E-state index is 13.6. The van der Waals surface area contributed by atoms with Crippen LogP contribution in [0.5, 0.6) is 11.5 Å². The van der Waals surface area contributed by atoms with Gasteiger partial charge in [0, 0.05) is 5.02 Å². The highest BCUT2D eigenvalue weighted by Gasteiger charge is 2.38. The molecule has 1 N–H and O–H groups in total. The number of anilines is 1. The average molecular weight is 529 g/mol. The minimum absolute atomic E-state index is 0.125. The Balaban J connectivity index is 1.64. The molecule has 1 aliphatic heterocycles. The summed E-state index contributed by atoms with van der Waals surface area (Å²) in [6.45, 7) is 5.61. The van der Waals surface area contributed by atoms with E-state index in [1.165, 1.54) is 10.4 Å². The van der Waals surface area contributed by atoms with E-state index in [1.807, 2.05) is 39.0 Å². The fraction of sp³-hybridized carbons (Fsp3) is 0.296. The van der Waals surface area contributed by atoms with E-state index in [0.717, 1.165) is 22.4 Å². The number of ether oxygens (including phenoxy) is 2. The summed E-state index contributed by atoms with van der Waals surface area (Å²) in [4.78, 5) is 13.5. The monoisotopic (exact) mass is 528 g/mol. The third kappa shape index (κ3) is 5.15. The van der Waals surface area contributed by atoms with Crippen molar-refractivity contribution >= 4 is 33.2 Å². The average Bonchev–Trinajstić information content (AvgIpc) is 2.86. The Morgan fingerprint density at radius 2 is 1.86 bits per heavy atom. The van der Waals surface area contributed by atoms with Gasteiger partial charge in [-0.2, -0.15) is 0 Å². The Morgan fingerprint density at radius 3 is 2.50 bits per heavy atom. The number of aryl methyl sites for hydroxylation is 2. The zero-order valence-corrected chi connectivity index (χ0v) is 22.2. The van der Waals surface area contributed by atoms with E-state index >= 15 is 0 Å². The van der Waals surface area contributed by atoms with E-state index in [4.69, 9.17) is 21.1 Å². The van der Waals surface area contributed by atoms with Crippen LogP contribution in [0.2, 0.25) is 5.02 Å². The number of nitrogens with zero attached hydrogens (tertiary/aromatic N) is 1. The molecular formula is C27H29ClN2O5S. The van der Waals surface area contributed by atoms with Crippen LogP contribution < -0.4 is 19.1 Å². The Hall–Kier alpha value is -3.23. The number of nitrogens with one attached hydrogen (secondary N) is 1. The summed E-state index contributed by atoms with van der Waals surface area (Å²) >= 11 is 6.18. The summed E-state index contributed by atoms with van der Waals surface area (Å²) in [7, 11) is -2.36. The first-order valence-corrected chi connectivity index (χ1v) is 13.5. The molecule has 0 fully saturated rings. The molecule has 4 rings (SSSR count). The number of rotatable bonds is 7. The summed E-state index contributed by atoms with van der Waals surface area (Å²) in [6, 6.07) is 16.8. The largest absolute Gasteiger partial charge is 0.496 e. The molecule has 1 aliphatic rings. The summed E-state index contributed by atoms with van der Waals surface area (Å²) in [5.41, 5.74) is 3.12. The summed E-state index contributed by atoms with van der Waals surface area (Å²) < 4.78 is 39.8. The number of fused-ring (bicyclic) bond motifs is 1. The molecule has 3 aromatic carbocycles. The molecule has 3 aromatic rings. The van der Waals surface area contributed by atoms with Gasteiger partial charge in [-0.05, 0) is 67.8 Å². The molecule has 190 valence electrons. The Kier molecular flexibility index (Phi) is 7.47. The standard InChI is InChI=1S/C27H29ClN2O5S/c1-5-22(19-8-12-24(34-4)18(3)14-19)29-27(31)26-16-30(23-15-20(28)9-13-25(23)35-26)36(32,33)21-10-6-17(2)7-11-21/h6-15,22,26H,5,16H2,1-4H3,(H,29,31)/t22-,26+/m1/s1. The van der Waals surface area contributed by atoms with E-state index in [2.05, 4.69) is 5.32 Å². The lowest BCUT2D eigenvalue weighted by Gasteiger charge is -2.35. The van der Waals surface area contributed by atoms with Gasteiger partial charge in [0.25, 0.3) is 15.9 Å². The normalized spacial score (nSPS) is 16.0. The van der Waals surface area contributed by atoms with Crippen molar-refractivity contribution in [2.24, 2.45) is 0 Å². The van der Waals surface area contributed by atoms with Crippen LogP contribution in [0.1, 0.15) is 36.1 Å². The lowest BCUT2D eigenvalue weighted by Crippen LogP contribution is -2.51. The third-order valence-electron chi connectivity index (χ3n) is 6.24. The number of amides is 1. The molecule has 9 heteroatoms. The van der Waals surface area contributed by atoms with Gasteiger partial charge in [-0.25, -0.2) is 8.42 Å². The zero-order valence-electron chi connectivity index (χ0n) is 20.6. The van der Waals surface area contributed by atoms with Crippen LogP contribution in [-0.4, -0.2) is 34.1 Å². The maximum atomic E-state index is 13.6. The number of halogens is 1. The second-order valence-electron chi connectivity index (χ2n) is 8.77. The van der Waals surface area contributed by atoms with Crippen molar-refractivity contribution in [1.29, 1.82) is 0 Å². The highest BCUT2D eigenvalue weighted by Crippen LogP contribution is 2.39. The number of carbonyl (C=O) groups excluding carboxylic acids is 1. The van der Waals surface area contributed by atoms with Crippen molar-refractivity contribution in [3.63, 3.8) is 0 Å². The SMILES string of the molecule is CC[C@@H](NC(=O)[C@@H]1CN(S(=O)(=O)c2ccc(C)cc2)c2cc(Cl)ccc2O1)c1ccc(OC)c(C)c1. The minimum atomic E-state index is -3.97. The number of methoxy groups -OCH3 is 1. The van der Waals surface area contributed by atoms with E-state index in [1.54, 1.807) is 43.5 Å². The van der Waals surface area contributed by atoms with Gasteiger partial charge in [0.15, 0.2) is 6.10 Å². The number of hydrogen-bond donors (Lipinski definition) is 1. The van der Waals surface area contributed by atoms with E-state index in [0.29, 0.717) is 17.1 Å². The van der Waals surface area contributed by atoms with Gasteiger partial charge in [0.05, 0.1) is 30.3 Å². The number of benzene rings is 3. The fourth-order valence-electron chi connectivity index (χ4n) is 4.23. The molecule has 1 heterocycles. The van der Waals surface area contributed by atoms with Crippen LogP contribution in [0.15, 0.2) is 65.6 Å². The molecule has 0 saturated heterocycles. The van der Waals surface area contributed by atoms with Crippen LogP contribution in [0.4, 0.5) is 5.69 Å². The number of hydrogen-bond acceptors (Lipinski definition) is 5. The molecule has 7 nitrogen and oxygen atoms in total. The Bertz CT molecular complexity index is 1380. The quantitative estimate of drug-likeness (QED) is 0.456. The number of carbonyl (C=O) groups is 1. The maximum Gasteiger partial charge on any atom is 0.264 e. The molecule has 0 spiro atoms. The molecule has 36 heavy (non-hydrogen) atoms. The summed E-state index contributed by atoms with van der Waals surface area (Å²) in [5, 5.41) is 3.39. The second kappa shape index (κ2) is 10.4. The first-order valence-electron chi connectivity index (χ1n) is 11.6. The summed E-state index contributed by atoms with van der Waals surface area (Å²) in [5.74, 6) is 0.637. The first-order chi connectivity index (χ1) is 17.1. The Morgan fingerprint density at radius 1 is 1.14 bits per heavy atom. The molecule has 0 aliphatic carbocycles. The van der Waals surface area contributed by atoms with Crippen LogP contribution in [-0.2, 0) is 14.8 Å². The van der Waals surface area contributed by atoms with Crippen molar-refractivity contribution in [3.8, 4) is 11.5 Å². The summed E-state index contributed by atoms with van der Waals surface area (Å²) in [6.07, 6.45) is -0.408. The number of sulfonamides is 1.